The second-order valence-electron chi connectivity index (χ2n) is 5.83. The molecule has 8 heteroatoms. The average Bonchev–Trinajstić information content (AvgIpc) is 2.71. The lowest BCUT2D eigenvalue weighted by Gasteiger charge is -2.11. The number of amides is 2. The van der Waals surface area contributed by atoms with E-state index in [0.29, 0.717) is 30.7 Å². The van der Waals surface area contributed by atoms with Crippen LogP contribution in [0, 0.1) is 10.1 Å². The van der Waals surface area contributed by atoms with Crippen molar-refractivity contribution in [2.75, 3.05) is 20.3 Å². The molecule has 0 aromatic heterocycles. The molecule has 0 aliphatic rings. The number of methoxy groups -OCH3 is 1. The van der Waals surface area contributed by atoms with Gasteiger partial charge in [0.05, 0.1) is 4.92 Å². The molecule has 0 aliphatic heterocycles. The van der Waals surface area contributed by atoms with E-state index in [2.05, 4.69) is 10.6 Å². The predicted octanol–water partition coefficient (Wildman–Crippen LogP) is 2.52. The summed E-state index contributed by atoms with van der Waals surface area (Å²) in [7, 11) is 1.57. The van der Waals surface area contributed by atoms with Crippen LogP contribution in [0.25, 0.3) is 6.08 Å². The molecule has 8 nitrogen and oxygen atoms in total. The molecule has 0 atom stereocenters. The average molecular weight is 383 g/mol. The summed E-state index contributed by atoms with van der Waals surface area (Å²) >= 11 is 0. The fraction of sp³-hybridized carbons (Fsp3) is 0.200. The van der Waals surface area contributed by atoms with Crippen molar-refractivity contribution < 1.29 is 19.2 Å². The van der Waals surface area contributed by atoms with Crippen LogP contribution in [0.1, 0.15) is 22.3 Å². The number of nitro groups is 1. The zero-order valence-corrected chi connectivity index (χ0v) is 15.4. The monoisotopic (exact) mass is 383 g/mol. The molecular formula is C20H21N3O5. The van der Waals surface area contributed by atoms with Crippen LogP contribution in [0.5, 0.6) is 0 Å². The quantitative estimate of drug-likeness (QED) is 0.299. The van der Waals surface area contributed by atoms with E-state index in [4.69, 9.17) is 4.74 Å². The van der Waals surface area contributed by atoms with Crippen LogP contribution < -0.4 is 10.6 Å². The van der Waals surface area contributed by atoms with Gasteiger partial charge in [-0.1, -0.05) is 30.3 Å². The second kappa shape index (κ2) is 10.6. The molecule has 0 fully saturated rings. The van der Waals surface area contributed by atoms with Gasteiger partial charge in [0.1, 0.15) is 5.70 Å². The number of carbonyl (C=O) groups excluding carboxylic acids is 2. The van der Waals surface area contributed by atoms with Crippen molar-refractivity contribution in [1.82, 2.24) is 10.6 Å². The number of non-ortho nitro benzene ring substituents is 1. The molecule has 0 saturated heterocycles. The van der Waals surface area contributed by atoms with Crippen LogP contribution in [-0.4, -0.2) is 37.0 Å². The van der Waals surface area contributed by atoms with E-state index in [1.54, 1.807) is 43.5 Å². The third kappa shape index (κ3) is 6.33. The van der Waals surface area contributed by atoms with Crippen molar-refractivity contribution in [1.29, 1.82) is 0 Å². The summed E-state index contributed by atoms with van der Waals surface area (Å²) in [4.78, 5) is 35.4. The summed E-state index contributed by atoms with van der Waals surface area (Å²) in [5.74, 6) is -0.948. The summed E-state index contributed by atoms with van der Waals surface area (Å²) < 4.78 is 4.94. The highest BCUT2D eigenvalue weighted by Crippen LogP contribution is 2.15. The zero-order valence-electron chi connectivity index (χ0n) is 15.4. The number of nitrogens with one attached hydrogen (secondary N) is 2. The summed E-state index contributed by atoms with van der Waals surface area (Å²) in [6, 6.07) is 14.2. The largest absolute Gasteiger partial charge is 0.385 e. The molecule has 0 heterocycles. The standard InChI is InChI=1S/C20H21N3O5/c1-28-12-6-11-21-20(25)18(22-19(24)16-8-3-2-4-9-16)14-15-7-5-10-17(13-15)23(26)27/h2-5,7-10,13-14H,6,11-12H2,1H3,(H,21,25)(H,22,24)/b18-14+. The van der Waals surface area contributed by atoms with E-state index in [0.717, 1.165) is 0 Å². The summed E-state index contributed by atoms with van der Waals surface area (Å²) in [5, 5.41) is 16.2. The first-order valence-corrected chi connectivity index (χ1v) is 8.61. The Hall–Kier alpha value is -3.52. The molecule has 0 unspecified atom stereocenters. The molecule has 0 bridgehead atoms. The fourth-order valence-corrected chi connectivity index (χ4v) is 2.35. The third-order valence-corrected chi connectivity index (χ3v) is 3.73. The number of carbonyl (C=O) groups is 2. The maximum atomic E-state index is 12.5. The lowest BCUT2D eigenvalue weighted by Crippen LogP contribution is -2.35. The highest BCUT2D eigenvalue weighted by Gasteiger charge is 2.15. The van der Waals surface area contributed by atoms with E-state index in [1.165, 1.54) is 24.3 Å². The van der Waals surface area contributed by atoms with Gasteiger partial charge in [-0.3, -0.25) is 19.7 Å². The van der Waals surface area contributed by atoms with Crippen LogP contribution in [0.3, 0.4) is 0 Å². The molecule has 2 amide bonds. The van der Waals surface area contributed by atoms with Gasteiger partial charge in [0, 0.05) is 38.0 Å². The Kier molecular flexibility index (Phi) is 7.86. The van der Waals surface area contributed by atoms with Crippen LogP contribution in [-0.2, 0) is 9.53 Å². The van der Waals surface area contributed by atoms with Gasteiger partial charge < -0.3 is 15.4 Å². The Morgan fingerprint density at radius 3 is 2.57 bits per heavy atom. The number of ether oxygens (including phenoxy) is 1. The number of nitro benzene ring substituents is 1. The molecule has 146 valence electrons. The maximum absolute atomic E-state index is 12.5. The third-order valence-electron chi connectivity index (χ3n) is 3.73. The number of hydrogen-bond donors (Lipinski definition) is 2. The van der Waals surface area contributed by atoms with Gasteiger partial charge in [-0.05, 0) is 30.2 Å². The second-order valence-corrected chi connectivity index (χ2v) is 5.83. The minimum absolute atomic E-state index is 0.00762. The number of hydrogen-bond acceptors (Lipinski definition) is 5. The molecule has 0 radical (unpaired) electrons. The van der Waals surface area contributed by atoms with Crippen molar-refractivity contribution in [3.8, 4) is 0 Å². The topological polar surface area (TPSA) is 111 Å². The SMILES string of the molecule is COCCCNC(=O)/C(=C\c1cccc([N+](=O)[O-])c1)NC(=O)c1ccccc1. The Bertz CT molecular complexity index is 865. The van der Waals surface area contributed by atoms with Gasteiger partial charge in [-0.25, -0.2) is 0 Å². The minimum atomic E-state index is -0.523. The van der Waals surface area contributed by atoms with Crippen LogP contribution >= 0.6 is 0 Å². The lowest BCUT2D eigenvalue weighted by molar-refractivity contribution is -0.384. The molecule has 2 aromatic carbocycles. The highest BCUT2D eigenvalue weighted by atomic mass is 16.6. The van der Waals surface area contributed by atoms with Gasteiger partial charge in [0.25, 0.3) is 17.5 Å². The lowest BCUT2D eigenvalue weighted by atomic mass is 10.1. The zero-order chi connectivity index (χ0) is 20.4. The molecule has 0 saturated carbocycles. The molecule has 0 aliphatic carbocycles. The molecule has 28 heavy (non-hydrogen) atoms. The van der Waals surface area contributed by atoms with Gasteiger partial charge >= 0.3 is 0 Å². The van der Waals surface area contributed by atoms with E-state index in [1.807, 2.05) is 0 Å². The molecule has 2 N–H and O–H groups in total. The van der Waals surface area contributed by atoms with Gasteiger partial charge in [-0.15, -0.1) is 0 Å². The fourth-order valence-electron chi connectivity index (χ4n) is 2.35. The smallest absolute Gasteiger partial charge is 0.270 e. The Balaban J connectivity index is 2.24. The van der Waals surface area contributed by atoms with E-state index in [-0.39, 0.29) is 11.4 Å². The van der Waals surface area contributed by atoms with Crippen molar-refractivity contribution in [2.24, 2.45) is 0 Å². The Labute approximate surface area is 162 Å². The first kappa shape index (κ1) is 20.8. The molecule has 2 rings (SSSR count). The number of benzene rings is 2. The van der Waals surface area contributed by atoms with Gasteiger partial charge in [0.2, 0.25) is 0 Å². The molecule has 2 aromatic rings. The molecule has 0 spiro atoms. The first-order valence-electron chi connectivity index (χ1n) is 8.61. The first-order chi connectivity index (χ1) is 13.5. The van der Waals surface area contributed by atoms with Gasteiger partial charge in [0.15, 0.2) is 0 Å². The predicted molar refractivity (Wildman–Crippen MR) is 104 cm³/mol. The van der Waals surface area contributed by atoms with E-state index in [9.17, 15) is 19.7 Å². The van der Waals surface area contributed by atoms with E-state index >= 15 is 0 Å². The number of nitrogens with zero attached hydrogens (tertiary/aromatic N) is 1. The number of rotatable bonds is 9. The van der Waals surface area contributed by atoms with Gasteiger partial charge in [-0.2, -0.15) is 0 Å². The van der Waals surface area contributed by atoms with Crippen LogP contribution in [0.4, 0.5) is 5.69 Å². The summed E-state index contributed by atoms with van der Waals surface area (Å²) in [6.07, 6.45) is 2.01. The van der Waals surface area contributed by atoms with Crippen LogP contribution in [0.15, 0.2) is 60.3 Å². The van der Waals surface area contributed by atoms with Crippen molar-refractivity contribution >= 4 is 23.6 Å². The summed E-state index contributed by atoms with van der Waals surface area (Å²) in [6.45, 7) is 0.848. The highest BCUT2D eigenvalue weighted by molar-refractivity contribution is 6.05. The van der Waals surface area contributed by atoms with E-state index < -0.39 is 16.7 Å². The van der Waals surface area contributed by atoms with Crippen molar-refractivity contribution in [3.63, 3.8) is 0 Å². The summed E-state index contributed by atoms with van der Waals surface area (Å²) in [5.41, 5.74) is 0.694. The van der Waals surface area contributed by atoms with Crippen LogP contribution in [0.2, 0.25) is 0 Å². The Morgan fingerprint density at radius 1 is 1.14 bits per heavy atom. The Morgan fingerprint density at radius 2 is 1.89 bits per heavy atom. The minimum Gasteiger partial charge on any atom is -0.385 e. The van der Waals surface area contributed by atoms with Crippen molar-refractivity contribution in [3.05, 3.63) is 81.5 Å². The maximum Gasteiger partial charge on any atom is 0.270 e. The molecular weight excluding hydrogens is 362 g/mol. The van der Waals surface area contributed by atoms with Crippen molar-refractivity contribution in [2.45, 2.75) is 6.42 Å². The normalized spacial score (nSPS) is 11.0.